The molecular weight excluding hydrogens is 220 g/mol. The molecule has 0 aliphatic rings. The normalized spacial score (nSPS) is 14.9. The highest BCUT2D eigenvalue weighted by molar-refractivity contribution is 7.86. The average Bonchev–Trinajstić information content (AvgIpc) is 2.01. The van der Waals surface area contributed by atoms with Gasteiger partial charge in [0.05, 0.1) is 5.25 Å². The summed E-state index contributed by atoms with van der Waals surface area (Å²) in [6.07, 6.45) is 0.236. The highest BCUT2D eigenvalue weighted by atomic mass is 32.2. The first-order valence-corrected chi connectivity index (χ1v) is 6.29. The quantitative estimate of drug-likeness (QED) is 0.685. The minimum atomic E-state index is -4.19. The Morgan fingerprint density at radius 2 is 1.87 bits per heavy atom. The van der Waals surface area contributed by atoms with Crippen LogP contribution in [0.4, 0.5) is 0 Å². The highest BCUT2D eigenvalue weighted by Crippen LogP contribution is 2.32. The molecule has 0 aromatic rings. The first-order valence-electron chi connectivity index (χ1n) is 4.79. The van der Waals surface area contributed by atoms with Crippen LogP contribution in [0.1, 0.15) is 40.0 Å². The lowest BCUT2D eigenvalue weighted by atomic mass is 9.84. The predicted octanol–water partition coefficient (Wildman–Crippen LogP) is 1.54. The van der Waals surface area contributed by atoms with Gasteiger partial charge < -0.3 is 5.11 Å². The zero-order valence-corrected chi connectivity index (χ0v) is 10.0. The number of hydrogen-bond acceptors (Lipinski definition) is 3. The van der Waals surface area contributed by atoms with Crippen LogP contribution in [0.3, 0.4) is 0 Å². The van der Waals surface area contributed by atoms with E-state index in [4.69, 9.17) is 9.66 Å². The molecule has 0 saturated heterocycles. The molecule has 0 heterocycles. The van der Waals surface area contributed by atoms with E-state index in [1.807, 2.05) is 0 Å². The molecular formula is C9H18O5S. The van der Waals surface area contributed by atoms with Gasteiger partial charge in [0.25, 0.3) is 10.1 Å². The third-order valence-electron chi connectivity index (χ3n) is 2.76. The maximum absolute atomic E-state index is 11.1. The summed E-state index contributed by atoms with van der Waals surface area (Å²) in [5.41, 5.74) is -0.622. The molecule has 0 aliphatic heterocycles. The number of aliphatic carboxylic acids is 1. The number of carboxylic acids is 1. The maximum atomic E-state index is 11.1. The number of rotatable bonds is 6. The zero-order valence-electron chi connectivity index (χ0n) is 9.23. The minimum absolute atomic E-state index is 0.0605. The van der Waals surface area contributed by atoms with E-state index in [1.165, 1.54) is 0 Å². The number of carbonyl (C=O) groups is 1. The van der Waals surface area contributed by atoms with Gasteiger partial charge in [-0.25, -0.2) is 0 Å². The molecule has 0 radical (unpaired) electrons. The lowest BCUT2D eigenvalue weighted by molar-refractivity contribution is -0.137. The van der Waals surface area contributed by atoms with Gasteiger partial charge in [-0.05, 0) is 18.3 Å². The second kappa shape index (κ2) is 4.94. The predicted molar refractivity (Wildman–Crippen MR) is 56.3 cm³/mol. The lowest BCUT2D eigenvalue weighted by Crippen LogP contribution is -2.36. The van der Waals surface area contributed by atoms with Gasteiger partial charge in [-0.2, -0.15) is 8.42 Å². The Morgan fingerprint density at radius 1 is 1.40 bits per heavy atom. The Hall–Kier alpha value is -0.620. The van der Waals surface area contributed by atoms with E-state index < -0.39 is 26.8 Å². The fourth-order valence-corrected chi connectivity index (χ4v) is 2.81. The fraction of sp³-hybridized carbons (Fsp3) is 0.889. The van der Waals surface area contributed by atoms with Gasteiger partial charge in [-0.15, -0.1) is 0 Å². The van der Waals surface area contributed by atoms with E-state index >= 15 is 0 Å². The van der Waals surface area contributed by atoms with Crippen LogP contribution in [0.2, 0.25) is 0 Å². The zero-order chi connectivity index (χ0) is 12.3. The van der Waals surface area contributed by atoms with Gasteiger partial charge in [0.1, 0.15) is 0 Å². The summed E-state index contributed by atoms with van der Waals surface area (Å²) in [4.78, 5) is 10.4. The first kappa shape index (κ1) is 14.4. The van der Waals surface area contributed by atoms with Crippen LogP contribution >= 0.6 is 0 Å². The molecule has 0 bridgehead atoms. The molecule has 0 fully saturated rings. The van der Waals surface area contributed by atoms with Gasteiger partial charge in [0.15, 0.2) is 0 Å². The molecule has 0 rings (SSSR count). The van der Waals surface area contributed by atoms with Gasteiger partial charge in [-0.3, -0.25) is 9.35 Å². The molecule has 2 N–H and O–H groups in total. The van der Waals surface area contributed by atoms with Crippen molar-refractivity contribution in [2.45, 2.75) is 45.3 Å². The van der Waals surface area contributed by atoms with Crippen molar-refractivity contribution >= 4 is 16.1 Å². The molecule has 0 amide bonds. The summed E-state index contributed by atoms with van der Waals surface area (Å²) in [6.45, 7) is 5.21. The number of hydrogen-bond donors (Lipinski definition) is 2. The van der Waals surface area contributed by atoms with E-state index in [0.29, 0.717) is 6.42 Å². The second-order valence-electron chi connectivity index (χ2n) is 4.28. The van der Waals surface area contributed by atoms with Crippen molar-refractivity contribution in [3.63, 3.8) is 0 Å². The van der Waals surface area contributed by atoms with Crippen molar-refractivity contribution in [3.05, 3.63) is 0 Å². The lowest BCUT2D eigenvalue weighted by Gasteiger charge is -2.30. The van der Waals surface area contributed by atoms with E-state index in [1.54, 1.807) is 20.8 Å². The van der Waals surface area contributed by atoms with E-state index in [0.717, 1.165) is 0 Å². The summed E-state index contributed by atoms with van der Waals surface area (Å²) in [5.74, 6) is -1.06. The third-order valence-corrected chi connectivity index (χ3v) is 4.36. The largest absolute Gasteiger partial charge is 0.481 e. The van der Waals surface area contributed by atoms with E-state index in [2.05, 4.69) is 0 Å². The van der Waals surface area contributed by atoms with Crippen LogP contribution in [-0.2, 0) is 14.9 Å². The molecule has 1 unspecified atom stereocenters. The molecule has 1 atom stereocenters. The van der Waals surface area contributed by atoms with Crippen LogP contribution in [0.15, 0.2) is 0 Å². The summed E-state index contributed by atoms with van der Waals surface area (Å²) in [7, 11) is -4.19. The van der Waals surface area contributed by atoms with Crippen molar-refractivity contribution in [2.75, 3.05) is 0 Å². The monoisotopic (exact) mass is 238 g/mol. The Bertz CT molecular complexity index is 317. The molecule has 0 saturated carbocycles. The van der Waals surface area contributed by atoms with Crippen molar-refractivity contribution in [1.82, 2.24) is 0 Å². The van der Waals surface area contributed by atoms with Crippen LogP contribution in [0.5, 0.6) is 0 Å². The van der Waals surface area contributed by atoms with Crippen LogP contribution in [0, 0.1) is 5.41 Å². The Balaban J connectivity index is 4.84. The summed E-state index contributed by atoms with van der Waals surface area (Å²) in [5, 5.41) is 7.47. The SMILES string of the molecule is CCC(C)(C)C(CCC(=O)O)S(=O)(=O)O. The van der Waals surface area contributed by atoms with Crippen LogP contribution in [-0.4, -0.2) is 29.3 Å². The van der Waals surface area contributed by atoms with Crippen molar-refractivity contribution in [3.8, 4) is 0 Å². The first-order chi connectivity index (χ1) is 6.61. The molecule has 0 spiro atoms. The van der Waals surface area contributed by atoms with Crippen molar-refractivity contribution in [1.29, 1.82) is 0 Å². The summed E-state index contributed by atoms with van der Waals surface area (Å²) in [6, 6.07) is 0. The Kier molecular flexibility index (Phi) is 4.73. The van der Waals surface area contributed by atoms with Crippen LogP contribution < -0.4 is 0 Å². The summed E-state index contributed by atoms with van der Waals surface area (Å²) < 4.78 is 31.3. The molecule has 90 valence electrons. The molecule has 6 heteroatoms. The topological polar surface area (TPSA) is 91.7 Å². The summed E-state index contributed by atoms with van der Waals surface area (Å²) >= 11 is 0. The van der Waals surface area contributed by atoms with Crippen molar-refractivity contribution in [2.24, 2.45) is 5.41 Å². The molecule has 0 aromatic heterocycles. The van der Waals surface area contributed by atoms with Gasteiger partial charge in [0.2, 0.25) is 0 Å². The molecule has 0 aliphatic carbocycles. The molecule has 5 nitrogen and oxygen atoms in total. The van der Waals surface area contributed by atoms with Gasteiger partial charge in [-0.1, -0.05) is 20.8 Å². The Morgan fingerprint density at radius 3 is 2.13 bits per heavy atom. The Labute approximate surface area is 90.2 Å². The number of carboxylic acid groups (broad SMARTS) is 1. The molecule has 15 heavy (non-hydrogen) atoms. The fourth-order valence-electron chi connectivity index (χ4n) is 1.43. The second-order valence-corrected chi connectivity index (χ2v) is 5.88. The van der Waals surface area contributed by atoms with E-state index in [-0.39, 0.29) is 12.8 Å². The standard InChI is InChI=1S/C9H18O5S/c1-4-9(2,3)7(15(12,13)14)5-6-8(10)11/h7H,4-6H2,1-3H3,(H,10,11)(H,12,13,14). The third kappa shape index (κ3) is 4.61. The van der Waals surface area contributed by atoms with Gasteiger partial charge in [0, 0.05) is 6.42 Å². The molecule has 0 aromatic carbocycles. The van der Waals surface area contributed by atoms with E-state index in [9.17, 15) is 13.2 Å². The highest BCUT2D eigenvalue weighted by Gasteiger charge is 2.37. The average molecular weight is 238 g/mol. The van der Waals surface area contributed by atoms with Crippen molar-refractivity contribution < 1.29 is 22.9 Å². The minimum Gasteiger partial charge on any atom is -0.481 e. The van der Waals surface area contributed by atoms with Gasteiger partial charge >= 0.3 is 5.97 Å². The van der Waals surface area contributed by atoms with Crippen LogP contribution in [0.25, 0.3) is 0 Å². The maximum Gasteiger partial charge on any atom is 0.303 e. The smallest absolute Gasteiger partial charge is 0.303 e.